The monoisotopic (exact) mass is 229 g/mol. The summed E-state index contributed by atoms with van der Waals surface area (Å²) in [6, 6.07) is 12.0. The quantitative estimate of drug-likeness (QED) is 0.433. The van der Waals surface area contributed by atoms with Crippen LogP contribution in [-0.2, 0) is 0 Å². The Hall–Kier alpha value is -2.29. The standard InChI is InChI=1S/C15H8BNO/c16-10-2-4-11-9(7-10)1-3-13-12-5-6-17-8-14(12)18-15(11)13/h1-8H. The highest BCUT2D eigenvalue weighted by molar-refractivity contribution is 6.33. The van der Waals surface area contributed by atoms with E-state index in [0.717, 1.165) is 38.2 Å². The van der Waals surface area contributed by atoms with Crippen LogP contribution in [0.15, 0.2) is 53.2 Å². The van der Waals surface area contributed by atoms with Gasteiger partial charge in [-0.2, -0.15) is 0 Å². The van der Waals surface area contributed by atoms with Crippen molar-refractivity contribution >= 4 is 46.0 Å². The van der Waals surface area contributed by atoms with Crippen LogP contribution in [0.25, 0.3) is 32.7 Å². The summed E-state index contributed by atoms with van der Waals surface area (Å²) in [5.74, 6) is 0. The molecular formula is C15H8BNO. The maximum absolute atomic E-state index is 5.90. The van der Waals surface area contributed by atoms with Crippen LogP contribution in [0.5, 0.6) is 0 Å². The van der Waals surface area contributed by atoms with Gasteiger partial charge in [-0.15, -0.1) is 0 Å². The van der Waals surface area contributed by atoms with E-state index in [1.807, 2.05) is 24.3 Å². The molecule has 2 heterocycles. The first-order chi connectivity index (χ1) is 8.83. The number of hydrogen-bond acceptors (Lipinski definition) is 2. The average molecular weight is 229 g/mol. The number of furan rings is 1. The van der Waals surface area contributed by atoms with Crippen molar-refractivity contribution in [1.29, 1.82) is 0 Å². The molecule has 0 aliphatic carbocycles. The predicted molar refractivity (Wildman–Crippen MR) is 74.4 cm³/mol. The van der Waals surface area contributed by atoms with E-state index in [2.05, 4.69) is 17.1 Å². The molecule has 3 heteroatoms. The predicted octanol–water partition coefficient (Wildman–Crippen LogP) is 2.93. The molecule has 0 saturated heterocycles. The molecule has 2 aromatic heterocycles. The van der Waals surface area contributed by atoms with Crippen LogP contribution in [0.3, 0.4) is 0 Å². The van der Waals surface area contributed by atoms with Crippen LogP contribution in [-0.4, -0.2) is 12.8 Å². The van der Waals surface area contributed by atoms with Crippen LogP contribution in [0.2, 0.25) is 0 Å². The second kappa shape index (κ2) is 3.36. The summed E-state index contributed by atoms with van der Waals surface area (Å²) in [5.41, 5.74) is 2.48. The van der Waals surface area contributed by atoms with Gasteiger partial charge in [-0.1, -0.05) is 29.7 Å². The molecule has 82 valence electrons. The maximum Gasteiger partial charge on any atom is 0.153 e. The molecule has 18 heavy (non-hydrogen) atoms. The molecule has 2 radical (unpaired) electrons. The summed E-state index contributed by atoms with van der Waals surface area (Å²) < 4.78 is 5.90. The highest BCUT2D eigenvalue weighted by atomic mass is 16.3. The number of nitrogens with zero attached hydrogens (tertiary/aromatic N) is 1. The molecule has 0 aliphatic heterocycles. The Balaban J connectivity index is 2.28. The van der Waals surface area contributed by atoms with Crippen molar-refractivity contribution < 1.29 is 4.42 Å². The number of pyridine rings is 1. The molecule has 0 amide bonds. The Morgan fingerprint density at radius 1 is 0.944 bits per heavy atom. The van der Waals surface area contributed by atoms with Crippen LogP contribution in [0.4, 0.5) is 0 Å². The van der Waals surface area contributed by atoms with Crippen LogP contribution in [0.1, 0.15) is 0 Å². The van der Waals surface area contributed by atoms with Gasteiger partial charge in [0, 0.05) is 22.4 Å². The van der Waals surface area contributed by atoms with Gasteiger partial charge in [-0.25, -0.2) is 0 Å². The molecule has 0 bridgehead atoms. The third kappa shape index (κ3) is 1.22. The molecule has 4 aromatic rings. The zero-order valence-electron chi connectivity index (χ0n) is 9.55. The molecule has 2 nitrogen and oxygen atoms in total. The van der Waals surface area contributed by atoms with Gasteiger partial charge < -0.3 is 4.42 Å². The molecule has 0 aliphatic rings. The first-order valence-corrected chi connectivity index (χ1v) is 5.77. The van der Waals surface area contributed by atoms with E-state index < -0.39 is 0 Å². The second-order valence-corrected chi connectivity index (χ2v) is 4.40. The summed E-state index contributed by atoms with van der Waals surface area (Å²) in [6.07, 6.45) is 3.53. The van der Waals surface area contributed by atoms with Gasteiger partial charge in [0.25, 0.3) is 0 Å². The summed E-state index contributed by atoms with van der Waals surface area (Å²) in [4.78, 5) is 4.09. The number of benzene rings is 2. The summed E-state index contributed by atoms with van der Waals surface area (Å²) >= 11 is 0. The van der Waals surface area contributed by atoms with E-state index in [1.54, 1.807) is 12.4 Å². The van der Waals surface area contributed by atoms with Crippen LogP contribution < -0.4 is 5.46 Å². The Bertz CT molecular complexity index is 895. The van der Waals surface area contributed by atoms with E-state index in [-0.39, 0.29) is 0 Å². The molecule has 0 atom stereocenters. The normalized spacial score (nSPS) is 11.6. The zero-order chi connectivity index (χ0) is 12.1. The Labute approximate surface area is 105 Å². The molecule has 2 aromatic carbocycles. The average Bonchev–Trinajstić information content (AvgIpc) is 2.77. The topological polar surface area (TPSA) is 26.0 Å². The molecule has 0 saturated carbocycles. The SMILES string of the molecule is [B]c1ccc2c(ccc3c4ccncc4oc23)c1. The lowest BCUT2D eigenvalue weighted by atomic mass is 9.93. The lowest BCUT2D eigenvalue weighted by Gasteiger charge is -2.00. The van der Waals surface area contributed by atoms with Crippen molar-refractivity contribution in [3.05, 3.63) is 48.8 Å². The lowest BCUT2D eigenvalue weighted by molar-refractivity contribution is 0.670. The first-order valence-electron chi connectivity index (χ1n) is 5.77. The van der Waals surface area contributed by atoms with Crippen molar-refractivity contribution in [2.75, 3.05) is 0 Å². The Kier molecular flexibility index (Phi) is 1.81. The third-order valence-electron chi connectivity index (χ3n) is 3.28. The Morgan fingerprint density at radius 3 is 2.78 bits per heavy atom. The number of hydrogen-bond donors (Lipinski definition) is 0. The largest absolute Gasteiger partial charge is 0.454 e. The van der Waals surface area contributed by atoms with Gasteiger partial charge in [0.2, 0.25) is 0 Å². The van der Waals surface area contributed by atoms with Gasteiger partial charge in [0.1, 0.15) is 13.4 Å². The van der Waals surface area contributed by atoms with E-state index in [9.17, 15) is 0 Å². The van der Waals surface area contributed by atoms with E-state index in [0.29, 0.717) is 0 Å². The molecule has 4 rings (SSSR count). The molecule has 0 spiro atoms. The fourth-order valence-corrected chi connectivity index (χ4v) is 2.44. The minimum atomic E-state index is 0.764. The number of rotatable bonds is 0. The summed E-state index contributed by atoms with van der Waals surface area (Å²) in [5, 5.41) is 4.39. The molecule has 0 N–H and O–H groups in total. The molecule has 0 fully saturated rings. The fraction of sp³-hybridized carbons (Fsp3) is 0. The number of fused-ring (bicyclic) bond motifs is 5. The minimum Gasteiger partial charge on any atom is -0.454 e. The van der Waals surface area contributed by atoms with Gasteiger partial charge in [0.05, 0.1) is 6.20 Å². The van der Waals surface area contributed by atoms with Gasteiger partial charge in [-0.3, -0.25) is 4.98 Å². The van der Waals surface area contributed by atoms with Gasteiger partial charge >= 0.3 is 0 Å². The highest BCUT2D eigenvalue weighted by Gasteiger charge is 2.09. The highest BCUT2D eigenvalue weighted by Crippen LogP contribution is 2.32. The van der Waals surface area contributed by atoms with Crippen molar-refractivity contribution in [3.8, 4) is 0 Å². The van der Waals surface area contributed by atoms with Crippen molar-refractivity contribution in [2.45, 2.75) is 0 Å². The van der Waals surface area contributed by atoms with Crippen molar-refractivity contribution in [1.82, 2.24) is 4.98 Å². The van der Waals surface area contributed by atoms with Crippen molar-refractivity contribution in [3.63, 3.8) is 0 Å². The maximum atomic E-state index is 5.90. The van der Waals surface area contributed by atoms with E-state index in [1.165, 1.54) is 0 Å². The first kappa shape index (κ1) is 9.72. The number of aromatic nitrogens is 1. The lowest BCUT2D eigenvalue weighted by Crippen LogP contribution is -1.99. The van der Waals surface area contributed by atoms with Crippen molar-refractivity contribution in [2.24, 2.45) is 0 Å². The fourth-order valence-electron chi connectivity index (χ4n) is 2.44. The van der Waals surface area contributed by atoms with E-state index >= 15 is 0 Å². The molecular weight excluding hydrogens is 221 g/mol. The summed E-state index contributed by atoms with van der Waals surface area (Å²) in [7, 11) is 5.80. The van der Waals surface area contributed by atoms with Crippen LogP contribution >= 0.6 is 0 Å². The van der Waals surface area contributed by atoms with Gasteiger partial charge in [0.15, 0.2) is 5.58 Å². The van der Waals surface area contributed by atoms with Gasteiger partial charge in [-0.05, 0) is 17.5 Å². The summed E-state index contributed by atoms with van der Waals surface area (Å²) in [6.45, 7) is 0. The smallest absolute Gasteiger partial charge is 0.153 e. The third-order valence-corrected chi connectivity index (χ3v) is 3.28. The van der Waals surface area contributed by atoms with E-state index in [4.69, 9.17) is 12.3 Å². The molecule has 0 unspecified atom stereocenters. The Morgan fingerprint density at radius 2 is 1.83 bits per heavy atom. The van der Waals surface area contributed by atoms with Crippen LogP contribution in [0, 0.1) is 0 Å². The second-order valence-electron chi connectivity index (χ2n) is 4.40. The minimum absolute atomic E-state index is 0.764. The zero-order valence-corrected chi connectivity index (χ0v) is 9.55.